The highest BCUT2D eigenvalue weighted by molar-refractivity contribution is 5.89. The normalized spacial score (nSPS) is 10.9. The van der Waals surface area contributed by atoms with E-state index in [0.29, 0.717) is 23.0 Å². The Morgan fingerprint density at radius 3 is 2.48 bits per heavy atom. The van der Waals surface area contributed by atoms with Gasteiger partial charge in [-0.25, -0.2) is 0 Å². The number of aromatic hydroxyl groups is 2. The molecule has 0 aliphatic heterocycles. The Labute approximate surface area is 121 Å². The monoisotopic (exact) mass is 281 g/mol. The second-order valence-corrected chi connectivity index (χ2v) is 5.10. The lowest BCUT2D eigenvalue weighted by atomic mass is 10.1. The number of phenolic OH excluding ortho intramolecular Hbond substituents is 2. The maximum absolute atomic E-state index is 12.3. The molecule has 4 nitrogen and oxygen atoms in total. The molecule has 3 rings (SSSR count). The first-order chi connectivity index (χ1) is 10.1. The first kappa shape index (κ1) is 13.2. The lowest BCUT2D eigenvalue weighted by Gasteiger charge is -2.13. The van der Waals surface area contributed by atoms with E-state index in [1.54, 1.807) is 11.5 Å². The van der Waals surface area contributed by atoms with E-state index in [2.05, 4.69) is 0 Å². The van der Waals surface area contributed by atoms with Gasteiger partial charge in [0.15, 0.2) is 0 Å². The largest absolute Gasteiger partial charge is 0.508 e. The second-order valence-electron chi connectivity index (χ2n) is 5.10. The highest BCUT2D eigenvalue weighted by Gasteiger charge is 2.12. The molecule has 0 fully saturated rings. The summed E-state index contributed by atoms with van der Waals surface area (Å²) >= 11 is 0. The summed E-state index contributed by atoms with van der Waals surface area (Å²) in [6.45, 7) is 2.16. The third-order valence-corrected chi connectivity index (χ3v) is 3.56. The SMILES string of the molecule is Cc1cc(=O)n(Cc2ccccc2)c2cc(O)cc(O)c12. The molecule has 0 saturated heterocycles. The van der Waals surface area contributed by atoms with Crippen molar-refractivity contribution < 1.29 is 10.2 Å². The molecule has 0 spiro atoms. The average Bonchev–Trinajstić information content (AvgIpc) is 2.43. The highest BCUT2D eigenvalue weighted by Crippen LogP contribution is 2.31. The van der Waals surface area contributed by atoms with Crippen LogP contribution in [0, 0.1) is 6.92 Å². The van der Waals surface area contributed by atoms with Gasteiger partial charge in [0, 0.05) is 23.6 Å². The van der Waals surface area contributed by atoms with Crippen molar-refractivity contribution in [2.24, 2.45) is 0 Å². The number of hydrogen-bond acceptors (Lipinski definition) is 3. The number of aryl methyl sites for hydroxylation is 1. The van der Waals surface area contributed by atoms with Crippen LogP contribution in [0.2, 0.25) is 0 Å². The average molecular weight is 281 g/mol. The summed E-state index contributed by atoms with van der Waals surface area (Å²) in [5.74, 6) is -0.0869. The molecular formula is C17H15NO3. The van der Waals surface area contributed by atoms with Crippen molar-refractivity contribution in [3.05, 3.63) is 70.0 Å². The van der Waals surface area contributed by atoms with Crippen LogP contribution in [0.15, 0.2) is 53.3 Å². The van der Waals surface area contributed by atoms with E-state index >= 15 is 0 Å². The van der Waals surface area contributed by atoms with E-state index in [9.17, 15) is 15.0 Å². The summed E-state index contributed by atoms with van der Waals surface area (Å²) in [7, 11) is 0. The molecule has 0 aliphatic rings. The minimum atomic E-state index is -0.158. The number of pyridine rings is 1. The molecule has 106 valence electrons. The van der Waals surface area contributed by atoms with Gasteiger partial charge in [-0.2, -0.15) is 0 Å². The Hall–Kier alpha value is -2.75. The third-order valence-electron chi connectivity index (χ3n) is 3.56. The molecule has 21 heavy (non-hydrogen) atoms. The smallest absolute Gasteiger partial charge is 0.251 e. The first-order valence-corrected chi connectivity index (χ1v) is 6.66. The molecule has 3 aromatic rings. The van der Waals surface area contributed by atoms with Gasteiger partial charge in [-0.3, -0.25) is 4.79 Å². The zero-order chi connectivity index (χ0) is 15.0. The van der Waals surface area contributed by atoms with Crippen LogP contribution in [0.4, 0.5) is 0 Å². The maximum atomic E-state index is 12.3. The lowest BCUT2D eigenvalue weighted by Crippen LogP contribution is -2.21. The van der Waals surface area contributed by atoms with Crippen LogP contribution < -0.4 is 5.56 Å². The van der Waals surface area contributed by atoms with Gasteiger partial charge < -0.3 is 14.8 Å². The van der Waals surface area contributed by atoms with Crippen LogP contribution in [0.25, 0.3) is 10.9 Å². The van der Waals surface area contributed by atoms with Gasteiger partial charge in [0.2, 0.25) is 0 Å². The summed E-state index contributed by atoms with van der Waals surface area (Å²) in [5, 5.41) is 20.3. The van der Waals surface area contributed by atoms with E-state index < -0.39 is 0 Å². The molecule has 2 aromatic carbocycles. The van der Waals surface area contributed by atoms with E-state index in [0.717, 1.165) is 5.56 Å². The van der Waals surface area contributed by atoms with Crippen molar-refractivity contribution in [2.75, 3.05) is 0 Å². The van der Waals surface area contributed by atoms with Crippen LogP contribution >= 0.6 is 0 Å². The first-order valence-electron chi connectivity index (χ1n) is 6.66. The molecule has 0 bridgehead atoms. The molecule has 0 unspecified atom stereocenters. The minimum Gasteiger partial charge on any atom is -0.508 e. The molecule has 4 heteroatoms. The topological polar surface area (TPSA) is 62.5 Å². The van der Waals surface area contributed by atoms with E-state index in [1.807, 2.05) is 30.3 Å². The van der Waals surface area contributed by atoms with Gasteiger partial charge >= 0.3 is 0 Å². The summed E-state index contributed by atoms with van der Waals surface area (Å²) in [4.78, 5) is 12.3. The van der Waals surface area contributed by atoms with Gasteiger partial charge in [0.1, 0.15) is 11.5 Å². The van der Waals surface area contributed by atoms with Crippen LogP contribution in [0.1, 0.15) is 11.1 Å². The molecule has 1 heterocycles. The second kappa shape index (κ2) is 4.98. The van der Waals surface area contributed by atoms with E-state index in [1.165, 1.54) is 18.2 Å². The Morgan fingerprint density at radius 1 is 1.05 bits per heavy atom. The van der Waals surface area contributed by atoms with Gasteiger partial charge in [0.25, 0.3) is 5.56 Å². The standard InChI is InChI=1S/C17H15NO3/c1-11-7-16(21)18(10-12-5-3-2-4-6-12)14-8-13(19)9-15(20)17(11)14/h2-9,19-20H,10H2,1H3. The van der Waals surface area contributed by atoms with Crippen molar-refractivity contribution in [3.8, 4) is 11.5 Å². The Balaban J connectivity index is 2.29. The molecule has 0 aliphatic carbocycles. The molecule has 0 atom stereocenters. The summed E-state index contributed by atoms with van der Waals surface area (Å²) < 4.78 is 1.55. The third kappa shape index (κ3) is 2.36. The lowest BCUT2D eigenvalue weighted by molar-refractivity contribution is 0.454. The fraction of sp³-hybridized carbons (Fsp3) is 0.118. The molecular weight excluding hydrogens is 266 g/mol. The van der Waals surface area contributed by atoms with Crippen molar-refractivity contribution >= 4 is 10.9 Å². The summed E-state index contributed by atoms with van der Waals surface area (Å²) in [6.07, 6.45) is 0. The van der Waals surface area contributed by atoms with Crippen LogP contribution in [0.5, 0.6) is 11.5 Å². The molecule has 1 aromatic heterocycles. The number of phenols is 2. The zero-order valence-electron chi connectivity index (χ0n) is 11.6. The van der Waals surface area contributed by atoms with Gasteiger partial charge in [-0.15, -0.1) is 0 Å². The fourth-order valence-electron chi connectivity index (χ4n) is 2.60. The molecule has 0 amide bonds. The zero-order valence-corrected chi connectivity index (χ0v) is 11.6. The molecule has 2 N–H and O–H groups in total. The molecule has 0 saturated carbocycles. The van der Waals surface area contributed by atoms with E-state index in [-0.39, 0.29) is 17.1 Å². The van der Waals surface area contributed by atoms with Crippen molar-refractivity contribution in [1.29, 1.82) is 0 Å². The van der Waals surface area contributed by atoms with Crippen molar-refractivity contribution in [1.82, 2.24) is 4.57 Å². The molecule has 0 radical (unpaired) electrons. The van der Waals surface area contributed by atoms with Gasteiger partial charge in [-0.1, -0.05) is 30.3 Å². The maximum Gasteiger partial charge on any atom is 0.251 e. The van der Waals surface area contributed by atoms with Crippen LogP contribution in [0.3, 0.4) is 0 Å². The Morgan fingerprint density at radius 2 is 1.76 bits per heavy atom. The number of benzene rings is 2. The highest BCUT2D eigenvalue weighted by atomic mass is 16.3. The van der Waals surface area contributed by atoms with Crippen molar-refractivity contribution in [2.45, 2.75) is 13.5 Å². The van der Waals surface area contributed by atoms with Gasteiger partial charge in [-0.05, 0) is 18.1 Å². The van der Waals surface area contributed by atoms with Crippen LogP contribution in [-0.2, 0) is 6.54 Å². The number of aromatic nitrogens is 1. The Kier molecular flexibility index (Phi) is 3.14. The number of nitrogens with zero attached hydrogens (tertiary/aromatic N) is 1. The summed E-state index contributed by atoms with van der Waals surface area (Å²) in [6, 6.07) is 13.9. The minimum absolute atomic E-state index is 0.0238. The quantitative estimate of drug-likeness (QED) is 0.759. The number of fused-ring (bicyclic) bond motifs is 1. The summed E-state index contributed by atoms with van der Waals surface area (Å²) in [5.41, 5.74) is 2.04. The van der Waals surface area contributed by atoms with Gasteiger partial charge in [0.05, 0.1) is 12.1 Å². The van der Waals surface area contributed by atoms with E-state index in [4.69, 9.17) is 0 Å². The van der Waals surface area contributed by atoms with Crippen LogP contribution in [-0.4, -0.2) is 14.8 Å². The number of rotatable bonds is 2. The van der Waals surface area contributed by atoms with Crippen molar-refractivity contribution in [3.63, 3.8) is 0 Å². The Bertz CT molecular complexity index is 867. The predicted molar refractivity (Wildman–Crippen MR) is 81.8 cm³/mol. The fourth-order valence-corrected chi connectivity index (χ4v) is 2.60. The number of hydrogen-bond donors (Lipinski definition) is 2. The predicted octanol–water partition coefficient (Wildman–Crippen LogP) is 2.77.